The molecule has 1 N–H and O–H groups in total. The molecule has 1 atom stereocenters. The topological polar surface area (TPSA) is 126 Å². The lowest BCUT2D eigenvalue weighted by molar-refractivity contribution is -0.144. The number of hydrogen-bond donors (Lipinski definition) is 1. The lowest BCUT2D eigenvalue weighted by atomic mass is 9.97. The van der Waals surface area contributed by atoms with Crippen molar-refractivity contribution >= 4 is 32.7 Å². The fourth-order valence-corrected chi connectivity index (χ4v) is 6.18. The van der Waals surface area contributed by atoms with Gasteiger partial charge < -0.3 is 23.7 Å². The molecule has 0 aliphatic carbocycles. The zero-order chi connectivity index (χ0) is 32.9. The van der Waals surface area contributed by atoms with Gasteiger partial charge in [0.1, 0.15) is 17.5 Å². The second-order valence-corrected chi connectivity index (χ2v) is 12.2. The first-order chi connectivity index (χ1) is 22.2. The number of rotatable bonds is 17. The van der Waals surface area contributed by atoms with E-state index in [1.165, 1.54) is 19.2 Å². The van der Waals surface area contributed by atoms with E-state index in [4.69, 9.17) is 18.9 Å². The van der Waals surface area contributed by atoms with Crippen LogP contribution in [0.3, 0.4) is 0 Å². The number of methoxy groups -OCH3 is 3. The van der Waals surface area contributed by atoms with E-state index in [1.54, 1.807) is 19.2 Å². The van der Waals surface area contributed by atoms with Crippen LogP contribution in [0.25, 0.3) is 10.8 Å². The maximum Gasteiger partial charge on any atom is 0.323 e. The molecule has 0 fully saturated rings. The molecule has 4 aromatic carbocycles. The van der Waals surface area contributed by atoms with Crippen molar-refractivity contribution in [1.82, 2.24) is 4.72 Å². The maximum atomic E-state index is 13.1. The monoisotopic (exact) mass is 649 g/mol. The SMILES string of the molecule is COC(=O)CC[C@H](NS(=O)(=O)c1ccc(Cc2ccc(OC)c3cccc(OCCCOCc4ccccc4)c23)cc1)C(=O)OC. The third-order valence-electron chi connectivity index (χ3n) is 7.35. The summed E-state index contributed by atoms with van der Waals surface area (Å²) in [6, 6.07) is 24.9. The van der Waals surface area contributed by atoms with Gasteiger partial charge in [-0.2, -0.15) is 4.72 Å². The van der Waals surface area contributed by atoms with Crippen LogP contribution in [0.5, 0.6) is 11.5 Å². The fraction of sp³-hybridized carbons (Fsp3) is 0.314. The van der Waals surface area contributed by atoms with Crippen LogP contribution in [-0.4, -0.2) is 60.9 Å². The van der Waals surface area contributed by atoms with E-state index >= 15 is 0 Å². The van der Waals surface area contributed by atoms with Gasteiger partial charge in [-0.1, -0.05) is 60.7 Å². The Morgan fingerprint density at radius 2 is 1.54 bits per heavy atom. The maximum absolute atomic E-state index is 13.1. The van der Waals surface area contributed by atoms with E-state index in [0.717, 1.165) is 46.1 Å². The van der Waals surface area contributed by atoms with Gasteiger partial charge in [-0.25, -0.2) is 8.42 Å². The second kappa shape index (κ2) is 16.7. The van der Waals surface area contributed by atoms with E-state index in [2.05, 4.69) is 9.46 Å². The van der Waals surface area contributed by atoms with E-state index < -0.39 is 28.0 Å². The van der Waals surface area contributed by atoms with Crippen molar-refractivity contribution in [1.29, 1.82) is 0 Å². The first-order valence-electron chi connectivity index (χ1n) is 14.8. The number of nitrogens with one attached hydrogen (secondary N) is 1. The van der Waals surface area contributed by atoms with E-state index in [0.29, 0.717) is 32.7 Å². The average molecular weight is 650 g/mol. The Bertz CT molecular complexity index is 1710. The molecule has 0 amide bonds. The molecule has 4 rings (SSSR count). The standard InChI is InChI=1S/C35H39NO9S/c1-41-31-19-15-27(34-29(31)11-7-12-32(34)45-22-8-21-44-24-26-9-5-4-6-10-26)23-25-13-16-28(17-14-25)46(39,40)36-30(35(38)43-3)18-20-33(37)42-2/h4-7,9-17,19,30,36H,8,18,20-24H2,1-3H3/t30-/m0/s1. The summed E-state index contributed by atoms with van der Waals surface area (Å²) in [5.41, 5.74) is 2.97. The molecule has 46 heavy (non-hydrogen) atoms. The third kappa shape index (κ3) is 9.29. The van der Waals surface area contributed by atoms with Gasteiger partial charge in [0.05, 0.1) is 46.0 Å². The molecule has 0 spiro atoms. The second-order valence-electron chi connectivity index (χ2n) is 10.5. The minimum absolute atomic E-state index is 0.0266. The molecule has 0 bridgehead atoms. The molecule has 11 heteroatoms. The van der Waals surface area contributed by atoms with Crippen molar-refractivity contribution in [2.75, 3.05) is 34.5 Å². The molecule has 0 radical (unpaired) electrons. The summed E-state index contributed by atoms with van der Waals surface area (Å²) in [7, 11) is -0.100. The van der Waals surface area contributed by atoms with Crippen LogP contribution in [0, 0.1) is 0 Å². The molecule has 0 heterocycles. The van der Waals surface area contributed by atoms with E-state index in [-0.39, 0.29) is 17.7 Å². The normalized spacial score (nSPS) is 12.0. The smallest absolute Gasteiger partial charge is 0.323 e. The van der Waals surface area contributed by atoms with E-state index in [9.17, 15) is 18.0 Å². The zero-order valence-corrected chi connectivity index (χ0v) is 27.0. The lowest BCUT2D eigenvalue weighted by Crippen LogP contribution is -2.41. The summed E-state index contributed by atoms with van der Waals surface area (Å²) in [5.74, 6) is 0.0760. The van der Waals surface area contributed by atoms with Gasteiger partial charge in [0.2, 0.25) is 10.0 Å². The van der Waals surface area contributed by atoms with Crippen molar-refractivity contribution in [3.63, 3.8) is 0 Å². The third-order valence-corrected chi connectivity index (χ3v) is 8.83. The number of carbonyl (C=O) groups is 2. The van der Waals surface area contributed by atoms with Crippen LogP contribution in [0.4, 0.5) is 0 Å². The Balaban J connectivity index is 1.46. The molecule has 244 valence electrons. The Kier molecular flexibility index (Phi) is 12.5. The minimum Gasteiger partial charge on any atom is -0.496 e. The van der Waals surface area contributed by atoms with Crippen LogP contribution in [-0.2, 0) is 46.9 Å². The molecule has 0 saturated heterocycles. The summed E-state index contributed by atoms with van der Waals surface area (Å²) in [6.45, 7) is 1.58. The molecular formula is C35H39NO9S. The first-order valence-corrected chi connectivity index (χ1v) is 16.3. The van der Waals surface area contributed by atoms with Gasteiger partial charge in [-0.05, 0) is 53.8 Å². The molecule has 4 aromatic rings. The zero-order valence-electron chi connectivity index (χ0n) is 26.2. The fourth-order valence-electron chi connectivity index (χ4n) is 4.96. The van der Waals surface area contributed by atoms with Crippen molar-refractivity contribution in [2.24, 2.45) is 0 Å². The van der Waals surface area contributed by atoms with Crippen molar-refractivity contribution in [3.05, 3.63) is 102 Å². The van der Waals surface area contributed by atoms with Crippen LogP contribution < -0.4 is 14.2 Å². The Morgan fingerprint density at radius 3 is 2.24 bits per heavy atom. The van der Waals surface area contributed by atoms with Gasteiger partial charge in [0, 0.05) is 23.6 Å². The highest BCUT2D eigenvalue weighted by Gasteiger charge is 2.27. The minimum atomic E-state index is -4.09. The highest BCUT2D eigenvalue weighted by atomic mass is 32.2. The average Bonchev–Trinajstić information content (AvgIpc) is 3.08. The van der Waals surface area contributed by atoms with Gasteiger partial charge in [0.25, 0.3) is 0 Å². The van der Waals surface area contributed by atoms with Crippen molar-refractivity contribution in [3.8, 4) is 11.5 Å². The number of esters is 2. The van der Waals surface area contributed by atoms with Gasteiger partial charge in [-0.3, -0.25) is 9.59 Å². The molecule has 0 aromatic heterocycles. The Morgan fingerprint density at radius 1 is 0.783 bits per heavy atom. The summed E-state index contributed by atoms with van der Waals surface area (Å²) in [4.78, 5) is 23.7. The molecule has 10 nitrogen and oxygen atoms in total. The number of fused-ring (bicyclic) bond motifs is 1. The first kappa shape index (κ1) is 34.4. The summed E-state index contributed by atoms with van der Waals surface area (Å²) >= 11 is 0. The Labute approximate surface area is 269 Å². The largest absolute Gasteiger partial charge is 0.496 e. The van der Waals surface area contributed by atoms with Crippen LogP contribution in [0.2, 0.25) is 0 Å². The van der Waals surface area contributed by atoms with Crippen LogP contribution >= 0.6 is 0 Å². The van der Waals surface area contributed by atoms with Gasteiger partial charge >= 0.3 is 11.9 Å². The number of ether oxygens (including phenoxy) is 5. The summed E-state index contributed by atoms with van der Waals surface area (Å²) in [5, 5.41) is 1.82. The predicted octanol–water partition coefficient (Wildman–Crippen LogP) is 5.20. The van der Waals surface area contributed by atoms with Gasteiger partial charge in [0.15, 0.2) is 0 Å². The summed E-state index contributed by atoms with van der Waals surface area (Å²) in [6.07, 6.45) is 0.957. The molecule has 0 aliphatic heterocycles. The van der Waals surface area contributed by atoms with Crippen molar-refractivity contribution in [2.45, 2.75) is 43.2 Å². The number of carbonyl (C=O) groups excluding carboxylic acids is 2. The number of hydrogen-bond acceptors (Lipinski definition) is 9. The molecule has 0 aliphatic rings. The molecule has 0 saturated carbocycles. The highest BCUT2D eigenvalue weighted by Crippen LogP contribution is 2.36. The Hall–Kier alpha value is -4.45. The molecular weight excluding hydrogens is 610 g/mol. The summed E-state index contributed by atoms with van der Waals surface area (Å²) < 4.78 is 55.5. The predicted molar refractivity (Wildman–Crippen MR) is 173 cm³/mol. The van der Waals surface area contributed by atoms with E-state index in [1.807, 2.05) is 60.7 Å². The lowest BCUT2D eigenvalue weighted by Gasteiger charge is -2.17. The highest BCUT2D eigenvalue weighted by molar-refractivity contribution is 7.89. The molecule has 0 unspecified atom stereocenters. The van der Waals surface area contributed by atoms with Crippen LogP contribution in [0.15, 0.2) is 89.8 Å². The quantitative estimate of drug-likeness (QED) is 0.121. The van der Waals surface area contributed by atoms with Crippen LogP contribution in [0.1, 0.15) is 36.0 Å². The van der Waals surface area contributed by atoms with Crippen molar-refractivity contribution < 1.29 is 41.7 Å². The van der Waals surface area contributed by atoms with Gasteiger partial charge in [-0.15, -0.1) is 0 Å². The number of benzene rings is 4. The number of sulfonamides is 1.